The second-order valence-electron chi connectivity index (χ2n) is 5.98. The van der Waals surface area contributed by atoms with Gasteiger partial charge in [0.15, 0.2) is 0 Å². The first kappa shape index (κ1) is 13.5. The zero-order valence-corrected chi connectivity index (χ0v) is 12.0. The van der Waals surface area contributed by atoms with E-state index in [2.05, 4.69) is 31.0 Å². The Kier molecular flexibility index (Phi) is 3.51. The highest BCUT2D eigenvalue weighted by Crippen LogP contribution is 2.35. The third-order valence-electron chi connectivity index (χ3n) is 3.79. The molecule has 0 radical (unpaired) electrons. The summed E-state index contributed by atoms with van der Waals surface area (Å²) in [7, 11) is -3.35. The van der Waals surface area contributed by atoms with Crippen LogP contribution in [-0.4, -0.2) is 36.0 Å². The third-order valence-corrected chi connectivity index (χ3v) is 5.65. The molecule has 0 amide bonds. The quantitative estimate of drug-likeness (QED) is 0.892. The molecule has 2 rings (SSSR count). The molecule has 1 aliphatic heterocycles. The van der Waals surface area contributed by atoms with E-state index in [9.17, 15) is 8.42 Å². The van der Waals surface area contributed by atoms with Crippen LogP contribution in [0.3, 0.4) is 0 Å². The Morgan fingerprint density at radius 2 is 1.94 bits per heavy atom. The fraction of sp³-hybridized carbons (Fsp3) is 0.750. The molecule has 0 unspecified atom stereocenters. The maximum absolute atomic E-state index is 12.3. The average molecular weight is 271 g/mol. The standard InChI is InChI=1S/C12H21N3O2S/c1-12(2,3)10-4-6-15(7-5-10)18(16,17)11-8-13-14-9-11/h8-10H,4-7H2,1-3H3,(H,13,14). The van der Waals surface area contributed by atoms with Gasteiger partial charge in [-0.15, -0.1) is 0 Å². The van der Waals surface area contributed by atoms with Crippen molar-refractivity contribution >= 4 is 10.0 Å². The molecule has 102 valence electrons. The smallest absolute Gasteiger partial charge is 0.246 e. The molecular weight excluding hydrogens is 250 g/mol. The van der Waals surface area contributed by atoms with Gasteiger partial charge in [0.25, 0.3) is 0 Å². The molecule has 6 heteroatoms. The molecule has 1 aromatic heterocycles. The summed E-state index contributed by atoms with van der Waals surface area (Å²) in [5, 5.41) is 6.26. The highest BCUT2D eigenvalue weighted by atomic mass is 32.2. The first-order chi connectivity index (χ1) is 8.32. The van der Waals surface area contributed by atoms with Crippen LogP contribution < -0.4 is 0 Å². The number of nitrogens with one attached hydrogen (secondary N) is 1. The van der Waals surface area contributed by atoms with Crippen LogP contribution in [0.5, 0.6) is 0 Å². The lowest BCUT2D eigenvalue weighted by molar-refractivity contribution is 0.154. The van der Waals surface area contributed by atoms with Gasteiger partial charge in [-0.3, -0.25) is 5.10 Å². The Morgan fingerprint density at radius 3 is 2.39 bits per heavy atom. The number of aromatic nitrogens is 2. The van der Waals surface area contributed by atoms with Crippen LogP contribution >= 0.6 is 0 Å². The summed E-state index contributed by atoms with van der Waals surface area (Å²) in [6.45, 7) is 7.87. The number of H-pyrrole nitrogens is 1. The van der Waals surface area contributed by atoms with E-state index in [0.717, 1.165) is 12.8 Å². The van der Waals surface area contributed by atoms with Crippen molar-refractivity contribution < 1.29 is 8.42 Å². The molecule has 18 heavy (non-hydrogen) atoms. The Labute approximate surface area is 109 Å². The fourth-order valence-corrected chi connectivity index (χ4v) is 3.87. The van der Waals surface area contributed by atoms with E-state index >= 15 is 0 Å². The molecule has 0 aromatic carbocycles. The highest BCUT2D eigenvalue weighted by molar-refractivity contribution is 7.89. The minimum atomic E-state index is -3.35. The highest BCUT2D eigenvalue weighted by Gasteiger charge is 2.34. The first-order valence-electron chi connectivity index (χ1n) is 6.31. The normalized spacial score (nSPS) is 20.2. The van der Waals surface area contributed by atoms with E-state index in [0.29, 0.717) is 19.0 Å². The van der Waals surface area contributed by atoms with E-state index in [1.165, 1.54) is 12.4 Å². The lowest BCUT2D eigenvalue weighted by atomic mass is 9.76. The fourth-order valence-electron chi connectivity index (χ4n) is 2.49. The van der Waals surface area contributed by atoms with Crippen molar-refractivity contribution in [2.45, 2.75) is 38.5 Å². The molecule has 0 atom stereocenters. The number of rotatable bonds is 2. The Morgan fingerprint density at radius 1 is 1.33 bits per heavy atom. The molecule has 1 saturated heterocycles. The molecule has 0 aliphatic carbocycles. The van der Waals surface area contributed by atoms with Crippen molar-refractivity contribution in [3.05, 3.63) is 12.4 Å². The summed E-state index contributed by atoms with van der Waals surface area (Å²) in [5.74, 6) is 0.591. The van der Waals surface area contributed by atoms with Gasteiger partial charge < -0.3 is 0 Å². The topological polar surface area (TPSA) is 66.1 Å². The predicted molar refractivity (Wildman–Crippen MR) is 69.5 cm³/mol. The van der Waals surface area contributed by atoms with Gasteiger partial charge in [0.2, 0.25) is 10.0 Å². The van der Waals surface area contributed by atoms with Crippen molar-refractivity contribution in [3.63, 3.8) is 0 Å². The lowest BCUT2D eigenvalue weighted by Gasteiger charge is -2.38. The summed E-state index contributed by atoms with van der Waals surface area (Å²) >= 11 is 0. The summed E-state index contributed by atoms with van der Waals surface area (Å²) in [6, 6.07) is 0. The van der Waals surface area contributed by atoms with Gasteiger partial charge in [-0.25, -0.2) is 8.42 Å². The number of sulfonamides is 1. The molecule has 5 nitrogen and oxygen atoms in total. The second-order valence-corrected chi connectivity index (χ2v) is 7.92. The maximum Gasteiger partial charge on any atom is 0.246 e. The number of hydrogen-bond acceptors (Lipinski definition) is 3. The zero-order chi connectivity index (χ0) is 13.4. The van der Waals surface area contributed by atoms with E-state index in [-0.39, 0.29) is 10.3 Å². The third kappa shape index (κ3) is 2.59. The maximum atomic E-state index is 12.3. The van der Waals surface area contributed by atoms with Gasteiger partial charge in [-0.05, 0) is 24.2 Å². The summed E-state index contributed by atoms with van der Waals surface area (Å²) in [6.07, 6.45) is 4.66. The number of piperidine rings is 1. The Bertz CT molecular complexity index is 480. The van der Waals surface area contributed by atoms with Crippen molar-refractivity contribution in [2.75, 3.05) is 13.1 Å². The molecule has 1 aliphatic rings. The molecule has 1 aromatic rings. The number of hydrogen-bond donors (Lipinski definition) is 1. The monoisotopic (exact) mass is 271 g/mol. The molecule has 2 heterocycles. The summed E-state index contributed by atoms with van der Waals surface area (Å²) in [5.41, 5.74) is 0.255. The minimum absolute atomic E-state index is 0.255. The van der Waals surface area contributed by atoms with Gasteiger partial charge >= 0.3 is 0 Å². The van der Waals surface area contributed by atoms with Crippen molar-refractivity contribution in [3.8, 4) is 0 Å². The van der Waals surface area contributed by atoms with Crippen LogP contribution in [0, 0.1) is 11.3 Å². The SMILES string of the molecule is CC(C)(C)C1CCN(S(=O)(=O)c2cn[nH]c2)CC1. The van der Waals surface area contributed by atoms with Crippen LogP contribution in [0.4, 0.5) is 0 Å². The Balaban J connectivity index is 2.07. The van der Waals surface area contributed by atoms with Gasteiger partial charge in [0.05, 0.1) is 6.20 Å². The zero-order valence-electron chi connectivity index (χ0n) is 11.2. The van der Waals surface area contributed by atoms with Gasteiger partial charge in [0, 0.05) is 19.3 Å². The Hall–Kier alpha value is -0.880. The van der Waals surface area contributed by atoms with E-state index in [1.54, 1.807) is 4.31 Å². The van der Waals surface area contributed by atoms with E-state index in [4.69, 9.17) is 0 Å². The molecule has 1 fully saturated rings. The number of aromatic amines is 1. The largest absolute Gasteiger partial charge is 0.284 e. The average Bonchev–Trinajstić information content (AvgIpc) is 2.82. The van der Waals surface area contributed by atoms with Gasteiger partial charge in [-0.1, -0.05) is 20.8 Å². The molecule has 0 spiro atoms. The minimum Gasteiger partial charge on any atom is -0.284 e. The van der Waals surface area contributed by atoms with Crippen molar-refractivity contribution in [2.24, 2.45) is 11.3 Å². The molecule has 0 bridgehead atoms. The van der Waals surface area contributed by atoms with Gasteiger partial charge in [-0.2, -0.15) is 9.40 Å². The van der Waals surface area contributed by atoms with Crippen molar-refractivity contribution in [1.82, 2.24) is 14.5 Å². The first-order valence-corrected chi connectivity index (χ1v) is 7.75. The van der Waals surface area contributed by atoms with E-state index < -0.39 is 10.0 Å². The van der Waals surface area contributed by atoms with Crippen molar-refractivity contribution in [1.29, 1.82) is 0 Å². The molecular formula is C12H21N3O2S. The second kappa shape index (κ2) is 4.66. The van der Waals surface area contributed by atoms with Crippen LogP contribution in [0.1, 0.15) is 33.6 Å². The van der Waals surface area contributed by atoms with Crippen LogP contribution in [0.25, 0.3) is 0 Å². The van der Waals surface area contributed by atoms with Crippen LogP contribution in [0.15, 0.2) is 17.3 Å². The number of nitrogens with zero attached hydrogens (tertiary/aromatic N) is 2. The molecule has 0 saturated carbocycles. The summed E-state index contributed by atoms with van der Waals surface area (Å²) in [4.78, 5) is 0.261. The van der Waals surface area contributed by atoms with Gasteiger partial charge in [0.1, 0.15) is 4.90 Å². The lowest BCUT2D eigenvalue weighted by Crippen LogP contribution is -2.41. The van der Waals surface area contributed by atoms with E-state index in [1.807, 2.05) is 0 Å². The van der Waals surface area contributed by atoms with Crippen LogP contribution in [0.2, 0.25) is 0 Å². The predicted octanol–water partition coefficient (Wildman–Crippen LogP) is 1.86. The summed E-state index contributed by atoms with van der Waals surface area (Å²) < 4.78 is 26.1. The van der Waals surface area contributed by atoms with Crippen LogP contribution in [-0.2, 0) is 10.0 Å². The molecule has 1 N–H and O–H groups in total.